The molecule has 0 amide bonds. The molecule has 0 aliphatic heterocycles. The summed E-state index contributed by atoms with van der Waals surface area (Å²) in [5.74, 6) is 0. The Kier molecular flexibility index (Phi) is 105. The minimum atomic E-state index is -1.75. The van der Waals surface area contributed by atoms with Gasteiger partial charge >= 0.3 is 93.0 Å². The van der Waals surface area contributed by atoms with E-state index in [1.54, 1.807) is 0 Å². The topological polar surface area (TPSA) is 80.3 Å². The molecule has 4 nitrogen and oxygen atoms in total. The summed E-state index contributed by atoms with van der Waals surface area (Å²) < 4.78 is 33.8. The van der Waals surface area contributed by atoms with Gasteiger partial charge in [0.15, 0.2) is 0 Å². The van der Waals surface area contributed by atoms with Crippen molar-refractivity contribution in [3.63, 3.8) is 0 Å². The first-order chi connectivity index (χ1) is 2.83. The summed E-state index contributed by atoms with van der Waals surface area (Å²) in [6.45, 7) is 0. The molecule has 0 aromatic carbocycles. The van der Waals surface area contributed by atoms with Crippen LogP contribution in [-0.2, 0) is 7.61 Å². The van der Waals surface area contributed by atoms with E-state index in [0.717, 1.165) is 0 Å². The van der Waals surface area contributed by atoms with Gasteiger partial charge in [-0.2, -0.15) is 0 Å². The Bertz CT molecular complexity index is 40.2. The third-order valence-electron chi connectivity index (χ3n) is 0. The molecule has 0 rings (SSSR count). The standard InChI is InChI=1S/2Al.2Mg.4O.2H/q;;2*+2;;;4*-1. The van der Waals surface area contributed by atoms with Gasteiger partial charge in [-0.05, 0) is 0 Å². The SMILES string of the molecule is [H-].[H-].[Mg+2].[Mg+2].[O]=[Al][O-].[O]=[Al][O-]. The van der Waals surface area contributed by atoms with E-state index in [1.165, 1.54) is 0 Å². The van der Waals surface area contributed by atoms with E-state index < -0.39 is 31.0 Å². The van der Waals surface area contributed by atoms with Crippen LogP contribution in [0.2, 0.25) is 0 Å². The van der Waals surface area contributed by atoms with Crippen LogP contribution in [0.25, 0.3) is 0 Å². The van der Waals surface area contributed by atoms with Crippen LogP contribution in [0.15, 0.2) is 0 Å². The molecule has 0 saturated carbocycles. The van der Waals surface area contributed by atoms with Gasteiger partial charge in [0.1, 0.15) is 0 Å². The van der Waals surface area contributed by atoms with Gasteiger partial charge in [0.25, 0.3) is 0 Å². The van der Waals surface area contributed by atoms with E-state index in [1.807, 2.05) is 0 Å². The molecule has 0 aromatic rings. The van der Waals surface area contributed by atoms with Crippen LogP contribution in [0, 0.1) is 0 Å². The fourth-order valence-corrected chi connectivity index (χ4v) is 0. The normalized spacial score (nSPS) is 2.00. The van der Waals surface area contributed by atoms with Crippen molar-refractivity contribution in [3.8, 4) is 0 Å². The van der Waals surface area contributed by atoms with Crippen molar-refractivity contribution in [1.82, 2.24) is 0 Å². The Balaban J connectivity index is -0.00000000571. The van der Waals surface area contributed by atoms with E-state index in [0.29, 0.717) is 0 Å². The number of hydrogen-bond acceptors (Lipinski definition) is 4. The molecule has 0 fully saturated rings. The van der Waals surface area contributed by atoms with Crippen LogP contribution in [-0.4, -0.2) is 77.1 Å². The number of rotatable bonds is 0. The number of hydrogen-bond donors (Lipinski definition) is 0. The summed E-state index contributed by atoms with van der Waals surface area (Å²) in [7, 11) is 0. The third-order valence-corrected chi connectivity index (χ3v) is 0. The second-order valence-electron chi connectivity index (χ2n) is 0.192. The van der Waals surface area contributed by atoms with Crippen LogP contribution in [0.4, 0.5) is 0 Å². The van der Waals surface area contributed by atoms with Crippen molar-refractivity contribution >= 4 is 77.1 Å². The van der Waals surface area contributed by atoms with Crippen molar-refractivity contribution in [2.75, 3.05) is 0 Å². The van der Waals surface area contributed by atoms with Crippen molar-refractivity contribution in [2.24, 2.45) is 0 Å². The summed E-state index contributed by atoms with van der Waals surface area (Å²) in [6, 6.07) is 0. The third kappa shape index (κ3) is 112. The maximum atomic E-state index is 8.46. The zero-order chi connectivity index (χ0) is 5.41. The maximum absolute atomic E-state index is 8.46. The summed E-state index contributed by atoms with van der Waals surface area (Å²) in [4.78, 5) is 0. The molecule has 0 heterocycles. The molecule has 0 aliphatic carbocycles. The quantitative estimate of drug-likeness (QED) is 0.346. The average molecular weight is 169 g/mol. The molecule has 0 saturated heterocycles. The summed E-state index contributed by atoms with van der Waals surface area (Å²) in [5, 5.41) is 0. The first kappa shape index (κ1) is 22.6. The fourth-order valence-electron chi connectivity index (χ4n) is 0. The predicted octanol–water partition coefficient (Wildman–Crippen LogP) is -3.91. The first-order valence-electron chi connectivity index (χ1n) is 0.943. The van der Waals surface area contributed by atoms with E-state index in [2.05, 4.69) is 0 Å². The van der Waals surface area contributed by atoms with Crippen LogP contribution >= 0.6 is 0 Å². The van der Waals surface area contributed by atoms with Crippen LogP contribution in [0.3, 0.4) is 0 Å². The predicted molar refractivity (Wildman–Crippen MR) is 26.6 cm³/mol. The zero-order valence-electron chi connectivity index (χ0n) is 6.20. The van der Waals surface area contributed by atoms with Gasteiger partial charge in [0.05, 0.1) is 0 Å². The van der Waals surface area contributed by atoms with Crippen molar-refractivity contribution in [2.45, 2.75) is 0 Å². The molecule has 0 atom stereocenters. The zero-order valence-corrected chi connectivity index (χ0v) is 9.34. The Morgan fingerprint density at radius 1 is 1.00 bits per heavy atom. The Morgan fingerprint density at radius 3 is 1.00 bits per heavy atom. The Morgan fingerprint density at radius 2 is 1.00 bits per heavy atom. The molecule has 0 radical (unpaired) electrons. The van der Waals surface area contributed by atoms with E-state index in [4.69, 9.17) is 15.9 Å². The van der Waals surface area contributed by atoms with E-state index >= 15 is 0 Å². The molecule has 0 bridgehead atoms. The molecular formula is H2Al2Mg2O4. The molecule has 0 unspecified atom stereocenters. The molecular weight excluding hydrogens is 167 g/mol. The van der Waals surface area contributed by atoms with Gasteiger partial charge in [-0.15, -0.1) is 0 Å². The van der Waals surface area contributed by atoms with Gasteiger partial charge < -0.3 is 2.85 Å². The molecule has 36 valence electrons. The molecule has 8 heavy (non-hydrogen) atoms. The Labute approximate surface area is 94.8 Å². The molecule has 8 heteroatoms. The van der Waals surface area contributed by atoms with E-state index in [9.17, 15) is 0 Å². The van der Waals surface area contributed by atoms with Crippen molar-refractivity contribution < 1.29 is 18.8 Å². The molecule has 0 aromatic heterocycles. The molecule has 0 spiro atoms. The summed E-state index contributed by atoms with van der Waals surface area (Å²) in [5.41, 5.74) is 0. The Hall–Kier alpha value is 1.80. The second kappa shape index (κ2) is 37.1. The van der Waals surface area contributed by atoms with Gasteiger partial charge in [-0.25, -0.2) is 0 Å². The van der Waals surface area contributed by atoms with Crippen LogP contribution in [0.1, 0.15) is 2.85 Å². The van der Waals surface area contributed by atoms with Gasteiger partial charge in [0, 0.05) is 0 Å². The molecule has 0 N–H and O–H groups in total. The minimum absolute atomic E-state index is 0. The van der Waals surface area contributed by atoms with Crippen LogP contribution < -0.4 is 8.32 Å². The summed E-state index contributed by atoms with van der Waals surface area (Å²) >= 11 is -3.50. The monoisotopic (exact) mass is 168 g/mol. The van der Waals surface area contributed by atoms with Gasteiger partial charge in [0.2, 0.25) is 0 Å². The molecule has 0 aliphatic rings. The van der Waals surface area contributed by atoms with Crippen molar-refractivity contribution in [3.05, 3.63) is 0 Å². The first-order valence-corrected chi connectivity index (χ1v) is 2.83. The average Bonchev–Trinajstić information content (AvgIpc) is 1.39. The summed E-state index contributed by atoms with van der Waals surface area (Å²) in [6.07, 6.45) is 0. The van der Waals surface area contributed by atoms with E-state index in [-0.39, 0.29) is 49.0 Å². The fraction of sp³-hybridized carbons (Fsp3) is 0. The van der Waals surface area contributed by atoms with Crippen LogP contribution in [0.5, 0.6) is 0 Å². The van der Waals surface area contributed by atoms with Crippen molar-refractivity contribution in [1.29, 1.82) is 0 Å². The van der Waals surface area contributed by atoms with Gasteiger partial charge in [-0.1, -0.05) is 0 Å². The van der Waals surface area contributed by atoms with Gasteiger partial charge in [-0.3, -0.25) is 0 Å². The second-order valence-corrected chi connectivity index (χ2v) is 0.577.